The Kier molecular flexibility index (Phi) is 3.09. The Morgan fingerprint density at radius 2 is 1.93 bits per heavy atom. The molecule has 0 aromatic carbocycles. The van der Waals surface area contributed by atoms with Crippen molar-refractivity contribution in [2.75, 3.05) is 0 Å². The van der Waals surface area contributed by atoms with E-state index in [1.165, 1.54) is 11.8 Å². The first kappa shape index (κ1) is 9.86. The second kappa shape index (κ2) is 4.70. The maximum absolute atomic E-state index is 10.7. The Hall–Kier alpha value is -1.68. The van der Waals surface area contributed by atoms with Gasteiger partial charge in [0.2, 0.25) is 0 Å². The van der Waals surface area contributed by atoms with Crippen LogP contribution in [0.2, 0.25) is 0 Å². The van der Waals surface area contributed by atoms with E-state index in [9.17, 15) is 4.79 Å². The van der Waals surface area contributed by atoms with Gasteiger partial charge in [-0.2, -0.15) is 0 Å². The molecule has 4 heteroatoms. The lowest BCUT2D eigenvalue weighted by Crippen LogP contribution is -1.88. The summed E-state index contributed by atoms with van der Waals surface area (Å²) in [6.45, 7) is 0. The molecule has 2 rings (SSSR count). The van der Waals surface area contributed by atoms with Crippen molar-refractivity contribution in [2.24, 2.45) is 0 Å². The van der Waals surface area contributed by atoms with E-state index in [-0.39, 0.29) is 0 Å². The van der Waals surface area contributed by atoms with Crippen LogP contribution in [0.25, 0.3) is 0 Å². The second-order valence-corrected chi connectivity index (χ2v) is 3.79. The Balaban J connectivity index is 2.28. The summed E-state index contributed by atoms with van der Waals surface area (Å²) in [6.07, 6.45) is 4.18. The molecule has 0 N–H and O–H groups in total. The van der Waals surface area contributed by atoms with Gasteiger partial charge < -0.3 is 0 Å². The van der Waals surface area contributed by atoms with Crippen molar-refractivity contribution in [3.8, 4) is 0 Å². The van der Waals surface area contributed by atoms with Crippen molar-refractivity contribution < 1.29 is 4.79 Å². The summed E-state index contributed by atoms with van der Waals surface area (Å²) in [7, 11) is 0. The van der Waals surface area contributed by atoms with Crippen LogP contribution in [-0.4, -0.2) is 16.3 Å². The van der Waals surface area contributed by atoms with E-state index < -0.39 is 0 Å². The number of aldehydes is 1. The van der Waals surface area contributed by atoms with Gasteiger partial charge in [0.1, 0.15) is 10.1 Å². The molecule has 0 atom stereocenters. The summed E-state index contributed by atoms with van der Waals surface area (Å²) in [4.78, 5) is 19.0. The van der Waals surface area contributed by atoms with Gasteiger partial charge in [0.25, 0.3) is 0 Å². The van der Waals surface area contributed by atoms with Crippen LogP contribution in [0.15, 0.2) is 52.8 Å². The second-order valence-electron chi connectivity index (χ2n) is 2.79. The monoisotopic (exact) mass is 216 g/mol. The van der Waals surface area contributed by atoms with Gasteiger partial charge in [-0.3, -0.25) is 4.79 Å². The smallest absolute Gasteiger partial charge is 0.152 e. The minimum Gasteiger partial charge on any atom is -0.298 e. The molecule has 2 aromatic heterocycles. The van der Waals surface area contributed by atoms with Crippen LogP contribution in [-0.2, 0) is 0 Å². The summed E-state index contributed by atoms with van der Waals surface area (Å²) >= 11 is 1.39. The molecule has 15 heavy (non-hydrogen) atoms. The third-order valence-electron chi connectivity index (χ3n) is 1.77. The van der Waals surface area contributed by atoms with E-state index in [2.05, 4.69) is 9.97 Å². The number of aromatic nitrogens is 2. The average molecular weight is 216 g/mol. The first-order valence-corrected chi connectivity index (χ1v) is 5.21. The highest BCUT2D eigenvalue weighted by molar-refractivity contribution is 7.99. The molecule has 0 aliphatic heterocycles. The van der Waals surface area contributed by atoms with Crippen molar-refractivity contribution in [3.05, 3.63) is 48.3 Å². The fourth-order valence-corrected chi connectivity index (χ4v) is 1.89. The SMILES string of the molecule is O=Cc1cccnc1Sc1ccccn1. The Morgan fingerprint density at radius 1 is 1.07 bits per heavy atom. The van der Waals surface area contributed by atoms with Crippen LogP contribution >= 0.6 is 11.8 Å². The highest BCUT2D eigenvalue weighted by Gasteiger charge is 2.04. The summed E-state index contributed by atoms with van der Waals surface area (Å²) < 4.78 is 0. The number of hydrogen-bond acceptors (Lipinski definition) is 4. The molecule has 0 aliphatic rings. The topological polar surface area (TPSA) is 42.9 Å². The van der Waals surface area contributed by atoms with E-state index in [4.69, 9.17) is 0 Å². The van der Waals surface area contributed by atoms with Gasteiger partial charge in [0, 0.05) is 18.0 Å². The van der Waals surface area contributed by atoms with Gasteiger partial charge in [-0.15, -0.1) is 0 Å². The first-order chi connectivity index (χ1) is 7.40. The Bertz CT molecular complexity index is 459. The summed E-state index contributed by atoms with van der Waals surface area (Å²) in [6, 6.07) is 9.12. The van der Waals surface area contributed by atoms with Gasteiger partial charge in [0.15, 0.2) is 6.29 Å². The van der Waals surface area contributed by atoms with Crippen LogP contribution in [0.5, 0.6) is 0 Å². The molecule has 0 spiro atoms. The predicted molar refractivity (Wildman–Crippen MR) is 58.0 cm³/mol. The Morgan fingerprint density at radius 3 is 2.67 bits per heavy atom. The molecule has 0 bridgehead atoms. The molecule has 0 saturated heterocycles. The first-order valence-electron chi connectivity index (χ1n) is 4.39. The number of nitrogens with zero attached hydrogens (tertiary/aromatic N) is 2. The maximum Gasteiger partial charge on any atom is 0.152 e. The molecule has 0 fully saturated rings. The van der Waals surface area contributed by atoms with Crippen molar-refractivity contribution in [2.45, 2.75) is 10.1 Å². The predicted octanol–water partition coefficient (Wildman–Crippen LogP) is 2.44. The Labute approximate surface area is 91.6 Å². The minimum absolute atomic E-state index is 0.591. The van der Waals surface area contributed by atoms with E-state index in [1.54, 1.807) is 24.5 Å². The van der Waals surface area contributed by atoms with E-state index >= 15 is 0 Å². The third kappa shape index (κ3) is 2.41. The van der Waals surface area contributed by atoms with Crippen molar-refractivity contribution >= 4 is 18.0 Å². The summed E-state index contributed by atoms with van der Waals surface area (Å²) in [5.41, 5.74) is 0.591. The quantitative estimate of drug-likeness (QED) is 0.739. The van der Waals surface area contributed by atoms with E-state index in [1.807, 2.05) is 18.2 Å². The van der Waals surface area contributed by atoms with Crippen LogP contribution in [0.1, 0.15) is 10.4 Å². The fourth-order valence-electron chi connectivity index (χ4n) is 1.08. The number of carbonyl (C=O) groups is 1. The largest absolute Gasteiger partial charge is 0.298 e. The zero-order valence-electron chi connectivity index (χ0n) is 7.83. The van der Waals surface area contributed by atoms with Crippen molar-refractivity contribution in [3.63, 3.8) is 0 Å². The lowest BCUT2D eigenvalue weighted by molar-refractivity contribution is 0.112. The van der Waals surface area contributed by atoms with Crippen molar-refractivity contribution in [1.29, 1.82) is 0 Å². The average Bonchev–Trinajstić information content (AvgIpc) is 2.31. The molecule has 0 radical (unpaired) electrons. The highest BCUT2D eigenvalue weighted by Crippen LogP contribution is 2.25. The molecular formula is C11H8N2OS. The van der Waals surface area contributed by atoms with E-state index in [0.29, 0.717) is 10.6 Å². The number of rotatable bonds is 3. The fraction of sp³-hybridized carbons (Fsp3) is 0. The van der Waals surface area contributed by atoms with Crippen LogP contribution < -0.4 is 0 Å². The number of hydrogen-bond donors (Lipinski definition) is 0. The molecule has 0 unspecified atom stereocenters. The van der Waals surface area contributed by atoms with Gasteiger partial charge in [-0.05, 0) is 36.0 Å². The van der Waals surface area contributed by atoms with Crippen molar-refractivity contribution in [1.82, 2.24) is 9.97 Å². The van der Waals surface area contributed by atoms with Crippen LogP contribution in [0, 0.1) is 0 Å². The molecule has 74 valence electrons. The lowest BCUT2D eigenvalue weighted by Gasteiger charge is -2.01. The minimum atomic E-state index is 0.591. The van der Waals surface area contributed by atoms with Crippen LogP contribution in [0.3, 0.4) is 0 Å². The van der Waals surface area contributed by atoms with Gasteiger partial charge in [0.05, 0.1) is 0 Å². The number of pyridine rings is 2. The molecular weight excluding hydrogens is 208 g/mol. The molecule has 0 amide bonds. The number of carbonyl (C=O) groups excluding carboxylic acids is 1. The van der Waals surface area contributed by atoms with Gasteiger partial charge >= 0.3 is 0 Å². The molecule has 2 aromatic rings. The van der Waals surface area contributed by atoms with Gasteiger partial charge in [-0.25, -0.2) is 9.97 Å². The molecule has 0 saturated carbocycles. The summed E-state index contributed by atoms with van der Waals surface area (Å²) in [5.74, 6) is 0. The zero-order valence-corrected chi connectivity index (χ0v) is 8.65. The standard InChI is InChI=1S/C11H8N2OS/c14-8-9-4-3-7-13-11(9)15-10-5-1-2-6-12-10/h1-8H. The van der Waals surface area contributed by atoms with Crippen LogP contribution in [0.4, 0.5) is 0 Å². The normalized spacial score (nSPS) is 9.87. The van der Waals surface area contributed by atoms with Gasteiger partial charge in [-0.1, -0.05) is 6.07 Å². The molecule has 3 nitrogen and oxygen atoms in total. The third-order valence-corrected chi connectivity index (χ3v) is 2.75. The molecule has 0 aliphatic carbocycles. The van der Waals surface area contributed by atoms with E-state index in [0.717, 1.165) is 11.3 Å². The molecule has 2 heterocycles. The highest BCUT2D eigenvalue weighted by atomic mass is 32.2. The lowest BCUT2D eigenvalue weighted by atomic mass is 10.3. The summed E-state index contributed by atoms with van der Waals surface area (Å²) in [5, 5.41) is 1.52. The maximum atomic E-state index is 10.7. The zero-order chi connectivity index (χ0) is 10.5.